The van der Waals surface area contributed by atoms with Crippen LogP contribution in [0.4, 0.5) is 4.39 Å². The summed E-state index contributed by atoms with van der Waals surface area (Å²) in [6, 6.07) is 18.3. The Morgan fingerprint density at radius 3 is 2.55 bits per heavy atom. The van der Waals surface area contributed by atoms with Gasteiger partial charge in [0.05, 0.1) is 12.6 Å². The number of halogens is 1. The molecule has 1 heterocycles. The average molecular weight is 394 g/mol. The van der Waals surface area contributed by atoms with Crippen molar-refractivity contribution >= 4 is 5.91 Å². The highest BCUT2D eigenvalue weighted by molar-refractivity contribution is 5.92. The van der Waals surface area contributed by atoms with Crippen LogP contribution in [-0.2, 0) is 6.54 Å². The molecular formula is C22H23FN4O2. The van der Waals surface area contributed by atoms with Crippen LogP contribution >= 0.6 is 0 Å². The van der Waals surface area contributed by atoms with E-state index in [2.05, 4.69) is 10.4 Å². The van der Waals surface area contributed by atoms with Crippen LogP contribution in [0.5, 0.6) is 0 Å². The number of likely N-dealkylation sites (N-methyl/N-ethyl adjacent to an activating group) is 1. The highest BCUT2D eigenvalue weighted by Crippen LogP contribution is 2.18. The fourth-order valence-electron chi connectivity index (χ4n) is 3.03. The third-order valence-corrected chi connectivity index (χ3v) is 4.59. The normalized spacial score (nSPS) is 12.0. The zero-order chi connectivity index (χ0) is 20.8. The Bertz CT molecular complexity index is 1030. The van der Waals surface area contributed by atoms with Gasteiger partial charge >= 0.3 is 0 Å². The fraction of sp³-hybridized carbons (Fsp3) is 0.227. The number of amides is 1. The summed E-state index contributed by atoms with van der Waals surface area (Å²) in [7, 11) is 3.72. The molecule has 1 unspecified atom stereocenters. The SMILES string of the molecule is CN(C)C(CNC(=O)c1ccc(=O)n(Cc2ccccc2)n1)c1cccc(F)c1. The molecule has 150 valence electrons. The maximum Gasteiger partial charge on any atom is 0.271 e. The Labute approximate surface area is 168 Å². The first kappa shape index (κ1) is 20.4. The van der Waals surface area contributed by atoms with Gasteiger partial charge < -0.3 is 10.2 Å². The van der Waals surface area contributed by atoms with E-state index in [0.29, 0.717) is 0 Å². The standard InChI is InChI=1S/C22H23FN4O2/c1-26(2)20(17-9-6-10-18(23)13-17)14-24-22(29)19-11-12-21(28)27(25-19)15-16-7-4-3-5-8-16/h3-13,20H,14-15H2,1-2H3,(H,24,29). The minimum absolute atomic E-state index is 0.150. The molecule has 0 radical (unpaired) electrons. The number of benzene rings is 2. The summed E-state index contributed by atoms with van der Waals surface area (Å²) < 4.78 is 14.8. The minimum Gasteiger partial charge on any atom is -0.349 e. The van der Waals surface area contributed by atoms with Gasteiger partial charge in [-0.15, -0.1) is 0 Å². The molecule has 2 aromatic carbocycles. The molecule has 1 N–H and O–H groups in total. The second kappa shape index (κ2) is 9.25. The van der Waals surface area contributed by atoms with Gasteiger partial charge in [-0.2, -0.15) is 5.10 Å². The van der Waals surface area contributed by atoms with E-state index >= 15 is 0 Å². The monoisotopic (exact) mass is 394 g/mol. The van der Waals surface area contributed by atoms with Crippen molar-refractivity contribution in [1.82, 2.24) is 20.0 Å². The van der Waals surface area contributed by atoms with Gasteiger partial charge in [0.1, 0.15) is 11.5 Å². The lowest BCUT2D eigenvalue weighted by Gasteiger charge is -2.25. The molecule has 1 atom stereocenters. The van der Waals surface area contributed by atoms with Crippen LogP contribution in [0, 0.1) is 5.82 Å². The summed E-state index contributed by atoms with van der Waals surface area (Å²) in [5, 5.41) is 7.02. The Morgan fingerprint density at radius 2 is 1.86 bits per heavy atom. The van der Waals surface area contributed by atoms with Gasteiger partial charge in [0.15, 0.2) is 0 Å². The van der Waals surface area contributed by atoms with E-state index in [1.807, 2.05) is 55.4 Å². The highest BCUT2D eigenvalue weighted by Gasteiger charge is 2.17. The first-order chi connectivity index (χ1) is 13.9. The third-order valence-electron chi connectivity index (χ3n) is 4.59. The predicted molar refractivity (Wildman–Crippen MR) is 109 cm³/mol. The molecule has 6 nitrogen and oxygen atoms in total. The Kier molecular flexibility index (Phi) is 6.51. The molecule has 1 amide bonds. The molecule has 29 heavy (non-hydrogen) atoms. The smallest absolute Gasteiger partial charge is 0.271 e. The van der Waals surface area contributed by atoms with Crippen LogP contribution in [0.2, 0.25) is 0 Å². The molecule has 0 aliphatic heterocycles. The van der Waals surface area contributed by atoms with Crippen molar-refractivity contribution in [3.05, 3.63) is 99.7 Å². The zero-order valence-electron chi connectivity index (χ0n) is 16.4. The maximum absolute atomic E-state index is 13.6. The van der Waals surface area contributed by atoms with Gasteiger partial charge in [0, 0.05) is 12.6 Å². The fourth-order valence-corrected chi connectivity index (χ4v) is 3.03. The van der Waals surface area contributed by atoms with E-state index in [-0.39, 0.29) is 36.2 Å². The number of rotatable bonds is 7. The van der Waals surface area contributed by atoms with Gasteiger partial charge in [0.2, 0.25) is 0 Å². The Balaban J connectivity index is 1.73. The largest absolute Gasteiger partial charge is 0.349 e. The minimum atomic E-state index is -0.393. The predicted octanol–water partition coefficient (Wildman–Crippen LogP) is 2.46. The molecule has 0 saturated carbocycles. The maximum atomic E-state index is 13.6. The molecule has 3 aromatic rings. The van der Waals surface area contributed by atoms with Crippen molar-refractivity contribution in [3.63, 3.8) is 0 Å². The van der Waals surface area contributed by atoms with Crippen molar-refractivity contribution < 1.29 is 9.18 Å². The number of carbonyl (C=O) groups excluding carboxylic acids is 1. The summed E-state index contributed by atoms with van der Waals surface area (Å²) in [5.74, 6) is -0.717. The molecule has 0 aliphatic carbocycles. The van der Waals surface area contributed by atoms with Crippen molar-refractivity contribution in [3.8, 4) is 0 Å². The molecule has 3 rings (SSSR count). The van der Waals surface area contributed by atoms with Gasteiger partial charge in [-0.25, -0.2) is 9.07 Å². The van der Waals surface area contributed by atoms with Gasteiger partial charge in [-0.1, -0.05) is 42.5 Å². The molecule has 7 heteroatoms. The quantitative estimate of drug-likeness (QED) is 0.669. The van der Waals surface area contributed by atoms with Gasteiger partial charge in [-0.05, 0) is 43.4 Å². The lowest BCUT2D eigenvalue weighted by Crippen LogP contribution is -2.36. The number of carbonyl (C=O) groups is 1. The second-order valence-electron chi connectivity index (χ2n) is 6.94. The molecule has 0 spiro atoms. The van der Waals surface area contributed by atoms with Crippen molar-refractivity contribution in [2.24, 2.45) is 0 Å². The summed E-state index contributed by atoms with van der Waals surface area (Å²) >= 11 is 0. The molecule has 0 bridgehead atoms. The van der Waals surface area contributed by atoms with Crippen LogP contribution in [0.15, 0.2) is 71.5 Å². The first-order valence-electron chi connectivity index (χ1n) is 9.26. The summed E-state index contributed by atoms with van der Waals surface area (Å²) in [6.45, 7) is 0.555. The summed E-state index contributed by atoms with van der Waals surface area (Å²) in [6.07, 6.45) is 0. The van der Waals surface area contributed by atoms with Crippen molar-refractivity contribution in [1.29, 1.82) is 0 Å². The Morgan fingerprint density at radius 1 is 1.10 bits per heavy atom. The van der Waals surface area contributed by atoms with E-state index in [9.17, 15) is 14.0 Å². The summed E-state index contributed by atoms with van der Waals surface area (Å²) in [5.41, 5.74) is 1.55. The highest BCUT2D eigenvalue weighted by atomic mass is 19.1. The number of nitrogens with zero attached hydrogens (tertiary/aromatic N) is 3. The van der Waals surface area contributed by atoms with Crippen LogP contribution in [-0.4, -0.2) is 41.2 Å². The number of aromatic nitrogens is 2. The first-order valence-corrected chi connectivity index (χ1v) is 9.26. The van der Waals surface area contributed by atoms with Crippen LogP contribution < -0.4 is 10.9 Å². The van der Waals surface area contributed by atoms with E-state index in [4.69, 9.17) is 0 Å². The van der Waals surface area contributed by atoms with Crippen molar-refractivity contribution in [2.45, 2.75) is 12.6 Å². The zero-order valence-corrected chi connectivity index (χ0v) is 16.4. The van der Waals surface area contributed by atoms with Crippen molar-refractivity contribution in [2.75, 3.05) is 20.6 Å². The molecule has 0 aliphatic rings. The topological polar surface area (TPSA) is 67.2 Å². The number of hydrogen-bond acceptors (Lipinski definition) is 4. The lowest BCUT2D eigenvalue weighted by molar-refractivity contribution is 0.0934. The van der Waals surface area contributed by atoms with E-state index in [1.54, 1.807) is 6.07 Å². The van der Waals surface area contributed by atoms with E-state index in [0.717, 1.165) is 11.1 Å². The molecule has 0 saturated heterocycles. The van der Waals surface area contributed by atoms with E-state index < -0.39 is 5.91 Å². The van der Waals surface area contributed by atoms with Crippen LogP contribution in [0.3, 0.4) is 0 Å². The van der Waals surface area contributed by atoms with Gasteiger partial charge in [0.25, 0.3) is 11.5 Å². The Hall–Kier alpha value is -3.32. The average Bonchev–Trinajstić information content (AvgIpc) is 2.70. The second-order valence-corrected chi connectivity index (χ2v) is 6.94. The van der Waals surface area contributed by atoms with Crippen LogP contribution in [0.1, 0.15) is 27.7 Å². The lowest BCUT2D eigenvalue weighted by atomic mass is 10.1. The third kappa shape index (κ3) is 5.36. The molecule has 0 fully saturated rings. The van der Waals surface area contributed by atoms with E-state index in [1.165, 1.54) is 28.9 Å². The van der Waals surface area contributed by atoms with Gasteiger partial charge in [-0.3, -0.25) is 9.59 Å². The summed E-state index contributed by atoms with van der Waals surface area (Å²) in [4.78, 5) is 26.6. The van der Waals surface area contributed by atoms with Crippen LogP contribution in [0.25, 0.3) is 0 Å². The number of nitrogens with one attached hydrogen (secondary N) is 1. The number of hydrogen-bond donors (Lipinski definition) is 1. The molecule has 1 aromatic heterocycles. The molecular weight excluding hydrogens is 371 g/mol.